The van der Waals surface area contributed by atoms with E-state index in [0.29, 0.717) is 30.4 Å². The Kier molecular flexibility index (Phi) is 4.55. The first-order valence-electron chi connectivity index (χ1n) is 8.91. The van der Waals surface area contributed by atoms with Gasteiger partial charge in [0.15, 0.2) is 0 Å². The Balaban J connectivity index is 1.26. The molecule has 0 radical (unpaired) electrons. The first kappa shape index (κ1) is 16.6. The Labute approximate surface area is 150 Å². The lowest BCUT2D eigenvalue weighted by atomic mass is 10.1. The fraction of sp³-hybridized carbons (Fsp3) is 0.444. The van der Waals surface area contributed by atoms with E-state index in [9.17, 15) is 9.59 Å². The van der Waals surface area contributed by atoms with Crippen molar-refractivity contribution in [3.63, 3.8) is 0 Å². The zero-order valence-corrected chi connectivity index (χ0v) is 14.4. The van der Waals surface area contributed by atoms with Crippen LogP contribution in [0.4, 0.5) is 5.69 Å². The van der Waals surface area contributed by atoms with E-state index in [4.69, 9.17) is 4.74 Å². The fourth-order valence-corrected chi connectivity index (χ4v) is 3.01. The van der Waals surface area contributed by atoms with E-state index in [-0.39, 0.29) is 23.8 Å². The number of aromatic amines is 1. The van der Waals surface area contributed by atoms with Crippen molar-refractivity contribution in [1.29, 1.82) is 0 Å². The minimum atomic E-state index is -0.0326. The van der Waals surface area contributed by atoms with E-state index >= 15 is 0 Å². The van der Waals surface area contributed by atoms with E-state index in [1.165, 1.54) is 0 Å². The molecule has 8 nitrogen and oxygen atoms in total. The maximum absolute atomic E-state index is 12.3. The largest absolute Gasteiger partial charge is 0.474 e. The van der Waals surface area contributed by atoms with Gasteiger partial charge in [-0.15, -0.1) is 0 Å². The van der Waals surface area contributed by atoms with Gasteiger partial charge in [-0.25, -0.2) is 4.98 Å². The van der Waals surface area contributed by atoms with E-state index in [1.54, 1.807) is 35.5 Å². The van der Waals surface area contributed by atoms with Gasteiger partial charge in [0, 0.05) is 44.1 Å². The van der Waals surface area contributed by atoms with E-state index in [2.05, 4.69) is 20.5 Å². The number of hydrogen-bond donors (Lipinski definition) is 2. The van der Waals surface area contributed by atoms with E-state index in [1.807, 2.05) is 0 Å². The summed E-state index contributed by atoms with van der Waals surface area (Å²) in [5.74, 6) is 0.734. The number of H-pyrrole nitrogens is 1. The number of anilines is 1. The van der Waals surface area contributed by atoms with Gasteiger partial charge in [0.25, 0.3) is 5.91 Å². The number of piperidine rings is 1. The molecule has 0 spiro atoms. The molecule has 2 fully saturated rings. The monoisotopic (exact) mass is 355 g/mol. The van der Waals surface area contributed by atoms with Crippen LogP contribution >= 0.6 is 0 Å². The van der Waals surface area contributed by atoms with Crippen LogP contribution < -0.4 is 10.1 Å². The van der Waals surface area contributed by atoms with Gasteiger partial charge in [-0.1, -0.05) is 0 Å². The highest BCUT2D eigenvalue weighted by Crippen LogP contribution is 2.30. The topological polar surface area (TPSA) is 100 Å². The summed E-state index contributed by atoms with van der Waals surface area (Å²) < 4.78 is 5.91. The summed E-state index contributed by atoms with van der Waals surface area (Å²) in [6.45, 7) is 1.27. The third-order valence-corrected chi connectivity index (χ3v) is 4.70. The third kappa shape index (κ3) is 3.84. The first-order valence-corrected chi connectivity index (χ1v) is 8.91. The number of carbonyl (C=O) groups is 2. The van der Waals surface area contributed by atoms with Gasteiger partial charge in [-0.05, 0) is 25.0 Å². The van der Waals surface area contributed by atoms with Crippen LogP contribution in [0, 0.1) is 5.92 Å². The lowest BCUT2D eigenvalue weighted by Crippen LogP contribution is -2.42. The number of likely N-dealkylation sites (tertiary alicyclic amines) is 1. The van der Waals surface area contributed by atoms with Crippen LogP contribution in [0.5, 0.6) is 5.88 Å². The molecule has 1 aliphatic heterocycles. The van der Waals surface area contributed by atoms with Crippen molar-refractivity contribution in [2.75, 3.05) is 18.4 Å². The molecular formula is C18H21N5O3. The second kappa shape index (κ2) is 7.15. The summed E-state index contributed by atoms with van der Waals surface area (Å²) in [7, 11) is 0. The summed E-state index contributed by atoms with van der Waals surface area (Å²) in [4.78, 5) is 30.1. The highest BCUT2D eigenvalue weighted by Gasteiger charge is 2.29. The molecule has 0 unspecified atom stereocenters. The number of aromatic nitrogens is 3. The maximum atomic E-state index is 12.3. The molecule has 1 aliphatic carbocycles. The minimum absolute atomic E-state index is 0.0280. The van der Waals surface area contributed by atoms with Crippen LogP contribution in [0.3, 0.4) is 0 Å². The molecular weight excluding hydrogens is 334 g/mol. The van der Waals surface area contributed by atoms with Gasteiger partial charge in [0.2, 0.25) is 11.8 Å². The average molecular weight is 355 g/mol. The number of nitrogens with one attached hydrogen (secondary N) is 2. The molecule has 2 aliphatic rings. The van der Waals surface area contributed by atoms with Crippen molar-refractivity contribution in [3.05, 3.63) is 36.3 Å². The molecule has 2 aromatic heterocycles. The predicted molar refractivity (Wildman–Crippen MR) is 93.7 cm³/mol. The summed E-state index contributed by atoms with van der Waals surface area (Å²) in [5, 5.41) is 9.37. The molecule has 4 rings (SSSR count). The van der Waals surface area contributed by atoms with Gasteiger partial charge in [-0.2, -0.15) is 5.10 Å². The highest BCUT2D eigenvalue weighted by molar-refractivity contribution is 5.94. The Bertz CT molecular complexity index is 763. The molecule has 0 atom stereocenters. The zero-order chi connectivity index (χ0) is 17.9. The van der Waals surface area contributed by atoms with Crippen LogP contribution in [0.2, 0.25) is 0 Å². The molecule has 1 saturated heterocycles. The molecule has 2 aromatic rings. The minimum Gasteiger partial charge on any atom is -0.474 e. The normalized spacial score (nSPS) is 17.8. The number of rotatable bonds is 5. The fourth-order valence-electron chi connectivity index (χ4n) is 3.01. The maximum Gasteiger partial charge on any atom is 0.271 e. The number of amides is 2. The smallest absolute Gasteiger partial charge is 0.271 e. The van der Waals surface area contributed by atoms with Gasteiger partial charge in [0.1, 0.15) is 11.8 Å². The van der Waals surface area contributed by atoms with Crippen molar-refractivity contribution in [1.82, 2.24) is 20.1 Å². The van der Waals surface area contributed by atoms with E-state index < -0.39 is 0 Å². The molecule has 0 aromatic carbocycles. The Hall–Kier alpha value is -2.90. The van der Waals surface area contributed by atoms with Crippen LogP contribution in [0.25, 0.3) is 0 Å². The van der Waals surface area contributed by atoms with Crippen LogP contribution in [0.15, 0.2) is 30.6 Å². The standard InChI is InChI=1S/C18H21N5O3/c24-17(12-1-2-12)21-13-3-4-16(19-11-13)26-14-6-9-23(10-7-14)18(25)15-5-8-20-22-15/h3-5,8,11-12,14H,1-2,6-7,9-10H2,(H,20,22)(H,21,24). The summed E-state index contributed by atoms with van der Waals surface area (Å²) in [5.41, 5.74) is 1.20. The van der Waals surface area contributed by atoms with Crippen molar-refractivity contribution in [2.45, 2.75) is 31.8 Å². The lowest BCUT2D eigenvalue weighted by molar-refractivity contribution is -0.117. The molecule has 1 saturated carbocycles. The van der Waals surface area contributed by atoms with Gasteiger partial charge in [0.05, 0.1) is 11.9 Å². The second-order valence-corrected chi connectivity index (χ2v) is 6.73. The van der Waals surface area contributed by atoms with Gasteiger partial charge in [-0.3, -0.25) is 14.7 Å². The molecule has 26 heavy (non-hydrogen) atoms. The summed E-state index contributed by atoms with van der Waals surface area (Å²) >= 11 is 0. The number of carbonyl (C=O) groups excluding carboxylic acids is 2. The predicted octanol–water partition coefficient (Wildman–Crippen LogP) is 1.84. The number of pyridine rings is 1. The number of nitrogens with zero attached hydrogens (tertiary/aromatic N) is 3. The third-order valence-electron chi connectivity index (χ3n) is 4.70. The number of ether oxygens (including phenoxy) is 1. The summed E-state index contributed by atoms with van der Waals surface area (Å²) in [6.07, 6.45) is 6.67. The van der Waals surface area contributed by atoms with Crippen molar-refractivity contribution in [3.8, 4) is 5.88 Å². The van der Waals surface area contributed by atoms with Crippen LogP contribution in [-0.4, -0.2) is 51.1 Å². The molecule has 8 heteroatoms. The molecule has 2 N–H and O–H groups in total. The molecule has 3 heterocycles. The van der Waals surface area contributed by atoms with Crippen molar-refractivity contribution >= 4 is 17.5 Å². The summed E-state index contributed by atoms with van der Waals surface area (Å²) in [6, 6.07) is 5.25. The van der Waals surface area contributed by atoms with Crippen molar-refractivity contribution < 1.29 is 14.3 Å². The lowest BCUT2D eigenvalue weighted by Gasteiger charge is -2.31. The molecule has 0 bridgehead atoms. The van der Waals surface area contributed by atoms with Gasteiger partial charge < -0.3 is 15.0 Å². The number of hydrogen-bond acceptors (Lipinski definition) is 5. The van der Waals surface area contributed by atoms with Crippen LogP contribution in [-0.2, 0) is 4.79 Å². The van der Waals surface area contributed by atoms with Crippen molar-refractivity contribution in [2.24, 2.45) is 5.92 Å². The Morgan fingerprint density at radius 2 is 1.96 bits per heavy atom. The Morgan fingerprint density at radius 3 is 2.58 bits per heavy atom. The van der Waals surface area contributed by atoms with Crippen LogP contribution in [0.1, 0.15) is 36.2 Å². The average Bonchev–Trinajstić information content (AvgIpc) is 3.38. The highest BCUT2D eigenvalue weighted by atomic mass is 16.5. The van der Waals surface area contributed by atoms with E-state index in [0.717, 1.165) is 25.7 Å². The molecule has 136 valence electrons. The zero-order valence-electron chi connectivity index (χ0n) is 14.4. The molecule has 2 amide bonds. The Morgan fingerprint density at radius 1 is 1.15 bits per heavy atom. The first-order chi connectivity index (χ1) is 12.7. The van der Waals surface area contributed by atoms with Gasteiger partial charge >= 0.3 is 0 Å². The SMILES string of the molecule is O=C(Nc1ccc(OC2CCN(C(=O)c3ccn[nH]3)CC2)nc1)C1CC1. The second-order valence-electron chi connectivity index (χ2n) is 6.73. The quantitative estimate of drug-likeness (QED) is 0.852.